The first-order valence-corrected chi connectivity index (χ1v) is 7.91. The fourth-order valence-corrected chi connectivity index (χ4v) is 2.59. The van der Waals surface area contributed by atoms with E-state index in [0.717, 1.165) is 12.0 Å². The molecule has 2 N–H and O–H groups in total. The number of hydrogen-bond acceptors (Lipinski definition) is 4. The molecule has 0 spiro atoms. The van der Waals surface area contributed by atoms with Gasteiger partial charge in [-0.1, -0.05) is 37.3 Å². The lowest BCUT2D eigenvalue weighted by Crippen LogP contribution is -2.27. The van der Waals surface area contributed by atoms with E-state index in [2.05, 4.69) is 10.3 Å². The minimum Gasteiger partial charge on any atom is -0.393 e. The molecule has 1 aromatic heterocycles. The summed E-state index contributed by atoms with van der Waals surface area (Å²) in [6, 6.07) is 13.8. The van der Waals surface area contributed by atoms with Crippen LogP contribution in [0.25, 0.3) is 22.0 Å². The first-order chi connectivity index (χ1) is 12.1. The zero-order valence-electron chi connectivity index (χ0n) is 13.6. The van der Waals surface area contributed by atoms with Crippen molar-refractivity contribution in [3.8, 4) is 17.0 Å². The third-order valence-electron chi connectivity index (χ3n) is 3.74. The Morgan fingerprint density at radius 2 is 2.00 bits per heavy atom. The fraction of sp³-hybridized carbons (Fsp3) is 0.167. The quantitative estimate of drug-likeness (QED) is 0.536. The highest BCUT2D eigenvalue weighted by molar-refractivity contribution is 6.00. The standard InChI is InChI=1S/C18H17N3O4/c1-2-10-19-18(22)25-17-16(12-6-4-3-5-7-12)14-11-13(21(23)24)8-9-15(14)20-17/h3-9,11,20H,2,10H2,1H3,(H,19,22). The molecule has 0 aliphatic rings. The second-order valence-corrected chi connectivity index (χ2v) is 5.50. The number of amides is 1. The summed E-state index contributed by atoms with van der Waals surface area (Å²) in [6.07, 6.45) is 0.222. The van der Waals surface area contributed by atoms with Gasteiger partial charge in [-0.2, -0.15) is 0 Å². The SMILES string of the molecule is CCCNC(=O)Oc1[nH]c2ccc([N+](=O)[O-])cc2c1-c1ccccc1. The Bertz CT molecular complexity index is 919. The van der Waals surface area contributed by atoms with Crippen molar-refractivity contribution in [2.24, 2.45) is 0 Å². The molecule has 128 valence electrons. The number of fused-ring (bicyclic) bond motifs is 1. The molecular weight excluding hydrogens is 322 g/mol. The van der Waals surface area contributed by atoms with Crippen LogP contribution in [0.3, 0.4) is 0 Å². The summed E-state index contributed by atoms with van der Waals surface area (Å²) in [5.74, 6) is 0.260. The van der Waals surface area contributed by atoms with Crippen LogP contribution in [0.2, 0.25) is 0 Å². The fourth-order valence-electron chi connectivity index (χ4n) is 2.59. The third kappa shape index (κ3) is 3.45. The highest BCUT2D eigenvalue weighted by atomic mass is 16.6. The van der Waals surface area contributed by atoms with Crippen LogP contribution in [0.1, 0.15) is 13.3 Å². The zero-order chi connectivity index (χ0) is 17.8. The maximum atomic E-state index is 11.9. The summed E-state index contributed by atoms with van der Waals surface area (Å²) in [7, 11) is 0. The lowest BCUT2D eigenvalue weighted by molar-refractivity contribution is -0.384. The Kier molecular flexibility index (Phi) is 4.65. The minimum absolute atomic E-state index is 0.0225. The van der Waals surface area contributed by atoms with Crippen LogP contribution in [0.5, 0.6) is 5.88 Å². The number of carbonyl (C=O) groups is 1. The van der Waals surface area contributed by atoms with Gasteiger partial charge in [-0.25, -0.2) is 4.79 Å². The number of nitrogens with zero attached hydrogens (tertiary/aromatic N) is 1. The predicted octanol–water partition coefficient (Wildman–Crippen LogP) is 4.24. The van der Waals surface area contributed by atoms with Crippen molar-refractivity contribution in [2.45, 2.75) is 13.3 Å². The van der Waals surface area contributed by atoms with E-state index < -0.39 is 11.0 Å². The zero-order valence-corrected chi connectivity index (χ0v) is 13.6. The van der Waals surface area contributed by atoms with E-state index in [-0.39, 0.29) is 11.6 Å². The van der Waals surface area contributed by atoms with Crippen molar-refractivity contribution < 1.29 is 14.5 Å². The van der Waals surface area contributed by atoms with E-state index in [4.69, 9.17) is 4.74 Å². The maximum absolute atomic E-state index is 11.9. The van der Waals surface area contributed by atoms with E-state index in [1.54, 1.807) is 6.07 Å². The molecule has 0 saturated carbocycles. The van der Waals surface area contributed by atoms with Crippen molar-refractivity contribution in [1.82, 2.24) is 10.3 Å². The van der Waals surface area contributed by atoms with E-state index >= 15 is 0 Å². The van der Waals surface area contributed by atoms with Gasteiger partial charge in [0.1, 0.15) is 0 Å². The third-order valence-corrected chi connectivity index (χ3v) is 3.74. The molecule has 0 radical (unpaired) electrons. The molecule has 0 bridgehead atoms. The van der Waals surface area contributed by atoms with Gasteiger partial charge in [-0.3, -0.25) is 10.1 Å². The Labute approximate surface area is 143 Å². The van der Waals surface area contributed by atoms with Gasteiger partial charge in [-0.15, -0.1) is 0 Å². The molecule has 1 amide bonds. The average molecular weight is 339 g/mol. The molecular formula is C18H17N3O4. The summed E-state index contributed by atoms with van der Waals surface area (Å²) < 4.78 is 5.41. The number of ether oxygens (including phenoxy) is 1. The van der Waals surface area contributed by atoms with Crippen molar-refractivity contribution in [3.63, 3.8) is 0 Å². The molecule has 7 nitrogen and oxygen atoms in total. The summed E-state index contributed by atoms with van der Waals surface area (Å²) in [6.45, 7) is 2.45. The van der Waals surface area contributed by atoms with Gasteiger partial charge in [0.2, 0.25) is 5.88 Å². The summed E-state index contributed by atoms with van der Waals surface area (Å²) in [5, 5.41) is 14.4. The minimum atomic E-state index is -0.569. The van der Waals surface area contributed by atoms with Crippen molar-refractivity contribution in [2.75, 3.05) is 6.54 Å². The molecule has 2 aromatic carbocycles. The van der Waals surface area contributed by atoms with E-state index in [9.17, 15) is 14.9 Å². The number of rotatable bonds is 5. The monoisotopic (exact) mass is 339 g/mol. The first kappa shape index (κ1) is 16.5. The number of H-pyrrole nitrogens is 1. The van der Waals surface area contributed by atoms with Crippen LogP contribution in [0, 0.1) is 10.1 Å². The Hall–Kier alpha value is -3.35. The number of non-ortho nitro benzene ring substituents is 1. The Balaban J connectivity index is 2.12. The van der Waals surface area contributed by atoms with Gasteiger partial charge < -0.3 is 15.0 Å². The lowest BCUT2D eigenvalue weighted by atomic mass is 10.0. The normalized spacial score (nSPS) is 10.6. The van der Waals surface area contributed by atoms with E-state index in [1.165, 1.54) is 12.1 Å². The topological polar surface area (TPSA) is 97.3 Å². The highest BCUT2D eigenvalue weighted by Crippen LogP contribution is 2.38. The molecule has 3 aromatic rings. The van der Waals surface area contributed by atoms with Gasteiger partial charge in [-0.05, 0) is 18.1 Å². The Morgan fingerprint density at radius 3 is 2.68 bits per heavy atom. The molecule has 3 rings (SSSR count). The van der Waals surface area contributed by atoms with Gasteiger partial charge >= 0.3 is 6.09 Å². The molecule has 0 atom stereocenters. The number of nitrogens with one attached hydrogen (secondary N) is 2. The van der Waals surface area contributed by atoms with Gasteiger partial charge in [0.15, 0.2) is 0 Å². The summed E-state index contributed by atoms with van der Waals surface area (Å²) in [5.41, 5.74) is 2.05. The smallest absolute Gasteiger partial charge is 0.393 e. The first-order valence-electron chi connectivity index (χ1n) is 7.91. The number of benzene rings is 2. The van der Waals surface area contributed by atoms with Crippen molar-refractivity contribution in [1.29, 1.82) is 0 Å². The van der Waals surface area contributed by atoms with Gasteiger partial charge in [0, 0.05) is 29.6 Å². The largest absolute Gasteiger partial charge is 0.413 e. The molecule has 7 heteroatoms. The molecule has 1 heterocycles. The predicted molar refractivity (Wildman–Crippen MR) is 94.7 cm³/mol. The van der Waals surface area contributed by atoms with Crippen molar-refractivity contribution in [3.05, 3.63) is 58.6 Å². The van der Waals surface area contributed by atoms with Crippen LogP contribution < -0.4 is 10.1 Å². The number of aromatic amines is 1. The highest BCUT2D eigenvalue weighted by Gasteiger charge is 2.19. The number of hydrogen-bond donors (Lipinski definition) is 2. The number of nitro benzene ring substituents is 1. The van der Waals surface area contributed by atoms with Crippen LogP contribution in [-0.2, 0) is 0 Å². The Morgan fingerprint density at radius 1 is 1.24 bits per heavy atom. The molecule has 0 unspecified atom stereocenters. The van der Waals surface area contributed by atoms with E-state index in [0.29, 0.717) is 23.0 Å². The second kappa shape index (κ2) is 7.04. The van der Waals surface area contributed by atoms with Crippen LogP contribution in [0.4, 0.5) is 10.5 Å². The lowest BCUT2D eigenvalue weighted by Gasteiger charge is -2.07. The number of aromatic nitrogens is 1. The summed E-state index contributed by atoms with van der Waals surface area (Å²) >= 11 is 0. The average Bonchev–Trinajstić information content (AvgIpc) is 2.97. The second-order valence-electron chi connectivity index (χ2n) is 5.50. The number of carbonyl (C=O) groups excluding carboxylic acids is 1. The van der Waals surface area contributed by atoms with Gasteiger partial charge in [0.05, 0.1) is 10.5 Å². The maximum Gasteiger partial charge on any atom is 0.413 e. The molecule has 0 fully saturated rings. The number of nitro groups is 1. The van der Waals surface area contributed by atoms with Crippen LogP contribution in [-0.4, -0.2) is 22.5 Å². The molecule has 0 aliphatic carbocycles. The molecule has 0 aliphatic heterocycles. The van der Waals surface area contributed by atoms with Crippen LogP contribution in [0.15, 0.2) is 48.5 Å². The molecule has 25 heavy (non-hydrogen) atoms. The van der Waals surface area contributed by atoms with Crippen LogP contribution >= 0.6 is 0 Å². The molecule has 0 saturated heterocycles. The van der Waals surface area contributed by atoms with Gasteiger partial charge in [0.25, 0.3) is 5.69 Å². The van der Waals surface area contributed by atoms with Crippen molar-refractivity contribution >= 4 is 22.7 Å². The summed E-state index contributed by atoms with van der Waals surface area (Å²) in [4.78, 5) is 25.6. The van der Waals surface area contributed by atoms with E-state index in [1.807, 2.05) is 37.3 Å².